The van der Waals surface area contributed by atoms with Crippen molar-refractivity contribution >= 4 is 0 Å². The summed E-state index contributed by atoms with van der Waals surface area (Å²) in [6, 6.07) is 0. The molecule has 2 rings (SSSR count). The molecule has 0 aromatic carbocycles. The van der Waals surface area contributed by atoms with E-state index in [1.807, 2.05) is 0 Å². The molecule has 0 bridgehead atoms. The molecule has 0 radical (unpaired) electrons. The monoisotopic (exact) mass is 324 g/mol. The zero-order valence-corrected chi connectivity index (χ0v) is 17.1. The van der Waals surface area contributed by atoms with E-state index in [1.165, 1.54) is 0 Å². The third-order valence-electron chi connectivity index (χ3n) is 8.02. The molecule has 1 spiro atoms. The van der Waals surface area contributed by atoms with Gasteiger partial charge in [-0.15, -0.1) is 0 Å². The van der Waals surface area contributed by atoms with Gasteiger partial charge >= 0.3 is 0 Å². The fourth-order valence-corrected chi connectivity index (χ4v) is 4.93. The van der Waals surface area contributed by atoms with Crippen LogP contribution in [0.1, 0.15) is 69.2 Å². The summed E-state index contributed by atoms with van der Waals surface area (Å²) < 4.78 is 13.6. The highest BCUT2D eigenvalue weighted by molar-refractivity contribution is 5.00. The van der Waals surface area contributed by atoms with E-state index in [4.69, 9.17) is 9.47 Å². The lowest BCUT2D eigenvalue weighted by Crippen LogP contribution is -2.65. The van der Waals surface area contributed by atoms with E-state index < -0.39 is 5.79 Å². The molecule has 10 atom stereocenters. The normalized spacial score (nSPS) is 52.8. The maximum Gasteiger partial charge on any atom is 0.174 e. The first-order chi connectivity index (χ1) is 10.5. The summed E-state index contributed by atoms with van der Waals surface area (Å²) in [5.41, 5.74) is 0. The second-order valence-corrected chi connectivity index (χ2v) is 9.24. The van der Waals surface area contributed by atoms with Gasteiger partial charge in [0.2, 0.25) is 0 Å². The van der Waals surface area contributed by atoms with Gasteiger partial charge in [0.05, 0.1) is 12.2 Å². The maximum atomic E-state index is 6.91. The average molecular weight is 325 g/mol. The Morgan fingerprint density at radius 2 is 1.13 bits per heavy atom. The molecule has 0 saturated carbocycles. The standard InChI is InChI=1S/C21H40O2/c1-11(2)12(3)20-16(7)14(5)18(9)21(23-20)17(8)13(4)15(6)19(10)22-21/h11-20H,1-10H3. The Kier molecular flexibility index (Phi) is 5.58. The van der Waals surface area contributed by atoms with E-state index in [0.29, 0.717) is 47.3 Å². The quantitative estimate of drug-likeness (QED) is 0.657. The second-order valence-electron chi connectivity index (χ2n) is 9.24. The van der Waals surface area contributed by atoms with Crippen molar-refractivity contribution in [3.63, 3.8) is 0 Å². The molecule has 0 aliphatic carbocycles. The number of hydrogen-bond donors (Lipinski definition) is 0. The van der Waals surface area contributed by atoms with E-state index >= 15 is 0 Å². The average Bonchev–Trinajstić information content (AvgIpc) is 2.51. The highest BCUT2D eigenvalue weighted by Gasteiger charge is 2.59. The van der Waals surface area contributed by atoms with Crippen LogP contribution in [-0.2, 0) is 9.47 Å². The van der Waals surface area contributed by atoms with Gasteiger partial charge in [0.15, 0.2) is 5.79 Å². The molecule has 2 heteroatoms. The van der Waals surface area contributed by atoms with Crippen LogP contribution in [0, 0.1) is 47.3 Å². The highest BCUT2D eigenvalue weighted by atomic mass is 16.7. The fraction of sp³-hybridized carbons (Fsp3) is 1.00. The van der Waals surface area contributed by atoms with E-state index in [1.54, 1.807) is 0 Å². The summed E-state index contributed by atoms with van der Waals surface area (Å²) in [4.78, 5) is 0. The molecule has 2 saturated heterocycles. The van der Waals surface area contributed by atoms with Crippen LogP contribution < -0.4 is 0 Å². The van der Waals surface area contributed by atoms with Crippen LogP contribution in [0.5, 0.6) is 0 Å². The zero-order valence-electron chi connectivity index (χ0n) is 17.1. The Morgan fingerprint density at radius 3 is 1.61 bits per heavy atom. The third kappa shape index (κ3) is 2.99. The fourth-order valence-electron chi connectivity index (χ4n) is 4.93. The predicted molar refractivity (Wildman–Crippen MR) is 97.1 cm³/mol. The maximum absolute atomic E-state index is 6.91. The van der Waals surface area contributed by atoms with Crippen LogP contribution in [-0.4, -0.2) is 18.0 Å². The molecule has 2 aliphatic rings. The van der Waals surface area contributed by atoms with E-state index in [9.17, 15) is 0 Å². The minimum absolute atomic E-state index is 0.263. The zero-order chi connectivity index (χ0) is 17.7. The van der Waals surface area contributed by atoms with Gasteiger partial charge in [-0.25, -0.2) is 0 Å². The molecule has 2 aliphatic heterocycles. The molecule has 2 fully saturated rings. The minimum atomic E-state index is -0.412. The number of ether oxygens (including phenoxy) is 2. The van der Waals surface area contributed by atoms with Crippen molar-refractivity contribution in [1.29, 1.82) is 0 Å². The minimum Gasteiger partial charge on any atom is -0.346 e. The molecule has 2 nitrogen and oxygen atoms in total. The van der Waals surface area contributed by atoms with Crippen LogP contribution in [0.3, 0.4) is 0 Å². The van der Waals surface area contributed by atoms with Crippen molar-refractivity contribution in [1.82, 2.24) is 0 Å². The van der Waals surface area contributed by atoms with Crippen LogP contribution in [0.4, 0.5) is 0 Å². The molecule has 136 valence electrons. The van der Waals surface area contributed by atoms with Crippen LogP contribution >= 0.6 is 0 Å². The molecule has 10 unspecified atom stereocenters. The summed E-state index contributed by atoms with van der Waals surface area (Å²) in [7, 11) is 0. The summed E-state index contributed by atoms with van der Waals surface area (Å²) in [6.07, 6.45) is 0.552. The van der Waals surface area contributed by atoms with E-state index in [2.05, 4.69) is 69.2 Å². The van der Waals surface area contributed by atoms with Gasteiger partial charge in [-0.2, -0.15) is 0 Å². The first-order valence-corrected chi connectivity index (χ1v) is 9.90. The Balaban J connectivity index is 2.39. The molecule has 0 aromatic heterocycles. The highest BCUT2D eigenvalue weighted by Crippen LogP contribution is 2.54. The molecule has 0 N–H and O–H groups in total. The largest absolute Gasteiger partial charge is 0.346 e. The Labute approximate surface area is 144 Å². The van der Waals surface area contributed by atoms with Crippen molar-refractivity contribution in [3.05, 3.63) is 0 Å². The summed E-state index contributed by atoms with van der Waals surface area (Å²) in [5.74, 6) is 4.04. The molecule has 23 heavy (non-hydrogen) atoms. The summed E-state index contributed by atoms with van der Waals surface area (Å²) in [5, 5.41) is 0. The van der Waals surface area contributed by atoms with Gasteiger partial charge in [0.1, 0.15) is 0 Å². The Hall–Kier alpha value is -0.0800. The van der Waals surface area contributed by atoms with Crippen LogP contribution in [0.15, 0.2) is 0 Å². The summed E-state index contributed by atoms with van der Waals surface area (Å²) in [6.45, 7) is 23.4. The Bertz CT molecular complexity index is 401. The van der Waals surface area contributed by atoms with Crippen molar-refractivity contribution in [2.75, 3.05) is 0 Å². The molecule has 2 heterocycles. The van der Waals surface area contributed by atoms with E-state index in [-0.39, 0.29) is 12.2 Å². The van der Waals surface area contributed by atoms with Crippen molar-refractivity contribution in [2.45, 2.75) is 87.2 Å². The molecule has 0 aromatic rings. The second kappa shape index (κ2) is 6.67. The topological polar surface area (TPSA) is 18.5 Å². The van der Waals surface area contributed by atoms with Gasteiger partial charge in [0.25, 0.3) is 0 Å². The van der Waals surface area contributed by atoms with E-state index in [0.717, 1.165) is 0 Å². The van der Waals surface area contributed by atoms with Crippen LogP contribution in [0.25, 0.3) is 0 Å². The van der Waals surface area contributed by atoms with Crippen LogP contribution in [0.2, 0.25) is 0 Å². The number of rotatable bonds is 2. The van der Waals surface area contributed by atoms with Gasteiger partial charge in [-0.05, 0) is 42.4 Å². The SMILES string of the molecule is CC(C)C(C)C1OC2(OC(C)C(C)C(C)C2C)C(C)C(C)C1C. The first-order valence-electron chi connectivity index (χ1n) is 9.90. The number of hydrogen-bond acceptors (Lipinski definition) is 2. The van der Waals surface area contributed by atoms with Gasteiger partial charge in [0, 0.05) is 11.8 Å². The first kappa shape index (κ1) is 19.2. The van der Waals surface area contributed by atoms with Crippen molar-refractivity contribution in [2.24, 2.45) is 47.3 Å². The summed E-state index contributed by atoms with van der Waals surface area (Å²) >= 11 is 0. The Morgan fingerprint density at radius 1 is 0.652 bits per heavy atom. The van der Waals surface area contributed by atoms with Gasteiger partial charge < -0.3 is 9.47 Å². The smallest absolute Gasteiger partial charge is 0.174 e. The lowest BCUT2D eigenvalue weighted by atomic mass is 9.64. The van der Waals surface area contributed by atoms with Gasteiger partial charge in [-0.1, -0.05) is 62.3 Å². The lowest BCUT2D eigenvalue weighted by Gasteiger charge is -2.60. The third-order valence-corrected chi connectivity index (χ3v) is 8.02. The molecular formula is C21H40O2. The molecular weight excluding hydrogens is 284 g/mol. The molecule has 0 amide bonds. The predicted octanol–water partition coefficient (Wildman–Crippen LogP) is 5.61. The lowest BCUT2D eigenvalue weighted by molar-refractivity contribution is -0.395. The van der Waals surface area contributed by atoms with Crippen molar-refractivity contribution in [3.8, 4) is 0 Å². The van der Waals surface area contributed by atoms with Gasteiger partial charge in [-0.3, -0.25) is 0 Å². The van der Waals surface area contributed by atoms with Crippen molar-refractivity contribution < 1.29 is 9.47 Å².